The van der Waals surface area contributed by atoms with E-state index in [4.69, 9.17) is 0 Å². The van der Waals surface area contributed by atoms with E-state index in [1.807, 2.05) is 4.90 Å². The van der Waals surface area contributed by atoms with Crippen LogP contribution in [0.25, 0.3) is 10.9 Å². The first-order valence-corrected chi connectivity index (χ1v) is 7.83. The predicted molar refractivity (Wildman–Crippen MR) is 85.0 cm³/mol. The zero-order chi connectivity index (χ0) is 16.7. The van der Waals surface area contributed by atoms with E-state index in [2.05, 4.69) is 21.0 Å². The first-order chi connectivity index (χ1) is 11.6. The Hall–Kier alpha value is -2.52. The van der Waals surface area contributed by atoms with Crippen LogP contribution in [0.5, 0.6) is 0 Å². The summed E-state index contributed by atoms with van der Waals surface area (Å²) in [4.78, 5) is 25.2. The summed E-state index contributed by atoms with van der Waals surface area (Å²) in [5.41, 5.74) is 1.05. The van der Waals surface area contributed by atoms with Crippen LogP contribution in [-0.4, -0.2) is 54.3 Å². The van der Waals surface area contributed by atoms with Crippen molar-refractivity contribution in [3.05, 3.63) is 24.1 Å². The molecule has 24 heavy (non-hydrogen) atoms. The van der Waals surface area contributed by atoms with Gasteiger partial charge in [-0.1, -0.05) is 0 Å². The fourth-order valence-corrected chi connectivity index (χ4v) is 3.14. The molecule has 4 rings (SSSR count). The van der Waals surface area contributed by atoms with E-state index in [1.165, 1.54) is 10.7 Å². The fraction of sp³-hybridized carbons (Fsp3) is 0.400. The normalized spacial score (nSPS) is 22.0. The Morgan fingerprint density at radius 2 is 2.00 bits per heavy atom. The molecule has 0 saturated carbocycles. The molecule has 3 heterocycles. The number of imide groups is 1. The standard InChI is InChI=1S/C15H17FN6O2/c16-10-6-11-9(5-12(10)21-3-1-17-2-4-21)7-19-22(11)14-15(24)20-13(23)8-18-14/h5-7,14,17-18H,1-4,8H2,(H,20,23,24). The maximum atomic E-state index is 14.6. The molecule has 1 unspecified atom stereocenters. The number of fused-ring (bicyclic) bond motifs is 1. The first-order valence-electron chi connectivity index (χ1n) is 7.83. The van der Waals surface area contributed by atoms with E-state index in [1.54, 1.807) is 12.3 Å². The van der Waals surface area contributed by atoms with Gasteiger partial charge in [-0.2, -0.15) is 5.10 Å². The van der Waals surface area contributed by atoms with Crippen molar-refractivity contribution in [2.75, 3.05) is 37.6 Å². The van der Waals surface area contributed by atoms with Gasteiger partial charge in [-0.3, -0.25) is 20.2 Å². The molecule has 2 fully saturated rings. The number of carbonyl (C=O) groups excluding carboxylic acids is 2. The van der Waals surface area contributed by atoms with Crippen molar-refractivity contribution in [3.63, 3.8) is 0 Å². The lowest BCUT2D eigenvalue weighted by Crippen LogP contribution is -2.53. The minimum atomic E-state index is -0.829. The third kappa shape index (κ3) is 2.51. The number of rotatable bonds is 2. The number of nitrogens with one attached hydrogen (secondary N) is 3. The number of carbonyl (C=O) groups is 2. The van der Waals surface area contributed by atoms with Crippen LogP contribution in [0.3, 0.4) is 0 Å². The van der Waals surface area contributed by atoms with Gasteiger partial charge in [0, 0.05) is 37.6 Å². The van der Waals surface area contributed by atoms with Crippen molar-refractivity contribution in [2.45, 2.75) is 6.17 Å². The highest BCUT2D eigenvalue weighted by molar-refractivity contribution is 6.00. The smallest absolute Gasteiger partial charge is 0.266 e. The third-order valence-electron chi connectivity index (χ3n) is 4.33. The zero-order valence-electron chi connectivity index (χ0n) is 12.9. The summed E-state index contributed by atoms with van der Waals surface area (Å²) in [6, 6.07) is 3.15. The number of anilines is 1. The maximum absolute atomic E-state index is 14.6. The van der Waals surface area contributed by atoms with Gasteiger partial charge in [0.05, 0.1) is 23.9 Å². The van der Waals surface area contributed by atoms with E-state index < -0.39 is 12.1 Å². The van der Waals surface area contributed by atoms with Gasteiger partial charge < -0.3 is 10.2 Å². The SMILES string of the molecule is O=C1CNC(n2ncc3cc(N4CCNCC4)c(F)cc32)C(=O)N1. The number of hydrogen-bond acceptors (Lipinski definition) is 6. The lowest BCUT2D eigenvalue weighted by atomic mass is 10.2. The van der Waals surface area contributed by atoms with Crippen LogP contribution < -0.4 is 20.9 Å². The molecule has 0 radical (unpaired) electrons. The highest BCUT2D eigenvalue weighted by Gasteiger charge is 2.29. The minimum absolute atomic E-state index is 0.0130. The van der Waals surface area contributed by atoms with E-state index in [-0.39, 0.29) is 18.3 Å². The molecule has 3 N–H and O–H groups in total. The largest absolute Gasteiger partial charge is 0.367 e. The molecule has 2 saturated heterocycles. The fourth-order valence-electron chi connectivity index (χ4n) is 3.14. The van der Waals surface area contributed by atoms with Crippen LogP contribution in [-0.2, 0) is 9.59 Å². The lowest BCUT2D eigenvalue weighted by Gasteiger charge is -2.30. The van der Waals surface area contributed by atoms with Crippen LogP contribution in [0.15, 0.2) is 18.3 Å². The second-order valence-electron chi connectivity index (χ2n) is 5.88. The molecule has 2 aromatic rings. The minimum Gasteiger partial charge on any atom is -0.367 e. The van der Waals surface area contributed by atoms with E-state index in [0.717, 1.165) is 31.6 Å². The van der Waals surface area contributed by atoms with Crippen molar-refractivity contribution < 1.29 is 14.0 Å². The van der Waals surface area contributed by atoms with E-state index in [9.17, 15) is 14.0 Å². The average Bonchev–Trinajstić information content (AvgIpc) is 2.97. The lowest BCUT2D eigenvalue weighted by molar-refractivity contribution is -0.136. The molecular formula is C15H17FN6O2. The second-order valence-corrected chi connectivity index (χ2v) is 5.88. The Balaban J connectivity index is 1.71. The number of benzene rings is 1. The monoisotopic (exact) mass is 332 g/mol. The van der Waals surface area contributed by atoms with Gasteiger partial charge in [-0.15, -0.1) is 0 Å². The Labute approximate surface area is 137 Å². The molecule has 2 aliphatic heterocycles. The summed E-state index contributed by atoms with van der Waals surface area (Å²) in [6.45, 7) is 3.13. The molecule has 1 atom stereocenters. The number of nitrogens with zero attached hydrogens (tertiary/aromatic N) is 3. The molecule has 2 aliphatic rings. The van der Waals surface area contributed by atoms with Gasteiger partial charge in [0.25, 0.3) is 5.91 Å². The van der Waals surface area contributed by atoms with E-state index >= 15 is 0 Å². The average molecular weight is 332 g/mol. The van der Waals surface area contributed by atoms with Crippen molar-refractivity contribution in [3.8, 4) is 0 Å². The number of aromatic nitrogens is 2. The predicted octanol–water partition coefficient (Wildman–Crippen LogP) is -0.670. The molecule has 9 heteroatoms. The quantitative estimate of drug-likeness (QED) is 0.632. The van der Waals surface area contributed by atoms with Crippen LogP contribution >= 0.6 is 0 Å². The number of hydrogen-bond donors (Lipinski definition) is 3. The Kier molecular flexibility index (Phi) is 3.66. The maximum Gasteiger partial charge on any atom is 0.266 e. The molecule has 8 nitrogen and oxygen atoms in total. The molecule has 0 bridgehead atoms. The number of halogens is 1. The number of piperazine rings is 2. The summed E-state index contributed by atoms with van der Waals surface area (Å²) < 4.78 is 16.0. The molecule has 1 aromatic carbocycles. The van der Waals surface area contributed by atoms with Crippen LogP contribution in [0, 0.1) is 5.82 Å². The molecule has 0 spiro atoms. The van der Waals surface area contributed by atoms with Crippen molar-refractivity contribution in [2.24, 2.45) is 0 Å². The Morgan fingerprint density at radius 1 is 1.21 bits per heavy atom. The van der Waals surface area contributed by atoms with Gasteiger partial charge in [0.15, 0.2) is 6.17 Å². The third-order valence-corrected chi connectivity index (χ3v) is 4.33. The van der Waals surface area contributed by atoms with Gasteiger partial charge in [-0.05, 0) is 6.07 Å². The highest BCUT2D eigenvalue weighted by Crippen LogP contribution is 2.27. The highest BCUT2D eigenvalue weighted by atomic mass is 19.1. The van der Waals surface area contributed by atoms with Crippen LogP contribution in [0.4, 0.5) is 10.1 Å². The molecule has 1 aromatic heterocycles. The van der Waals surface area contributed by atoms with Gasteiger partial charge >= 0.3 is 0 Å². The van der Waals surface area contributed by atoms with Gasteiger partial charge in [0.2, 0.25) is 5.91 Å². The van der Waals surface area contributed by atoms with Crippen molar-refractivity contribution in [1.82, 2.24) is 25.7 Å². The topological polar surface area (TPSA) is 91.3 Å². The number of amides is 2. The van der Waals surface area contributed by atoms with Crippen molar-refractivity contribution in [1.29, 1.82) is 0 Å². The first kappa shape index (κ1) is 15.0. The summed E-state index contributed by atoms with van der Waals surface area (Å²) in [5.74, 6) is -1.24. The second kappa shape index (κ2) is 5.84. The summed E-state index contributed by atoms with van der Waals surface area (Å²) in [7, 11) is 0. The molecule has 0 aliphatic carbocycles. The Morgan fingerprint density at radius 3 is 2.75 bits per heavy atom. The van der Waals surface area contributed by atoms with Crippen LogP contribution in [0.1, 0.15) is 6.17 Å². The van der Waals surface area contributed by atoms with Crippen molar-refractivity contribution >= 4 is 28.4 Å². The van der Waals surface area contributed by atoms with Gasteiger partial charge in [0.1, 0.15) is 5.82 Å². The molecular weight excluding hydrogens is 315 g/mol. The van der Waals surface area contributed by atoms with Crippen LogP contribution in [0.2, 0.25) is 0 Å². The summed E-state index contributed by atoms with van der Waals surface area (Å²) >= 11 is 0. The molecule has 2 amide bonds. The summed E-state index contributed by atoms with van der Waals surface area (Å²) in [5, 5.41) is 13.2. The Bertz CT molecular complexity index is 814. The summed E-state index contributed by atoms with van der Waals surface area (Å²) in [6.07, 6.45) is 0.774. The van der Waals surface area contributed by atoms with Gasteiger partial charge in [-0.25, -0.2) is 9.07 Å². The van der Waals surface area contributed by atoms with E-state index in [0.29, 0.717) is 11.2 Å². The zero-order valence-corrected chi connectivity index (χ0v) is 12.9. The molecule has 126 valence electrons.